The lowest BCUT2D eigenvalue weighted by atomic mass is 10.1. The molecule has 0 amide bonds. The molecule has 2 heteroatoms. The van der Waals surface area contributed by atoms with Crippen LogP contribution in [0.5, 0.6) is 0 Å². The minimum Gasteiger partial charge on any atom is -0.317 e. The summed E-state index contributed by atoms with van der Waals surface area (Å²) in [7, 11) is 0. The van der Waals surface area contributed by atoms with Gasteiger partial charge in [0.25, 0.3) is 0 Å². The van der Waals surface area contributed by atoms with E-state index in [0.717, 1.165) is 0 Å². The number of hydrogen-bond acceptors (Lipinski definition) is 0. The van der Waals surface area contributed by atoms with E-state index in [0.29, 0.717) is 0 Å². The van der Waals surface area contributed by atoms with Crippen molar-refractivity contribution in [2.24, 2.45) is 0 Å². The molecule has 0 bridgehead atoms. The Morgan fingerprint density at radius 1 is 0.438 bits per heavy atom. The average Bonchev–Trinajstić information content (AvgIpc) is 3.41. The van der Waals surface area contributed by atoms with Gasteiger partial charge in [0.2, 0.25) is 0 Å². The van der Waals surface area contributed by atoms with Gasteiger partial charge < -0.3 is 9.13 Å². The molecule has 0 saturated carbocycles. The summed E-state index contributed by atoms with van der Waals surface area (Å²) in [5.74, 6) is 0. The van der Waals surface area contributed by atoms with Gasteiger partial charge in [0.05, 0.1) is 22.2 Å². The first-order chi connectivity index (χ1) is 15.9. The smallest absolute Gasteiger partial charge is 0.0548 e. The van der Waals surface area contributed by atoms with Crippen LogP contribution >= 0.6 is 0 Å². The highest BCUT2D eigenvalue weighted by Gasteiger charge is 2.16. The monoisotopic (exact) mass is 408 g/mol. The minimum absolute atomic E-state index is 1.18. The van der Waals surface area contributed by atoms with Gasteiger partial charge >= 0.3 is 0 Å². The van der Waals surface area contributed by atoms with Crippen LogP contribution in [0.4, 0.5) is 0 Å². The maximum absolute atomic E-state index is 2.42. The number of rotatable bonds is 2. The first-order valence-corrected chi connectivity index (χ1v) is 11.0. The largest absolute Gasteiger partial charge is 0.317 e. The van der Waals surface area contributed by atoms with Gasteiger partial charge in [-0.25, -0.2) is 0 Å². The molecule has 7 aromatic rings. The van der Waals surface area contributed by atoms with Crippen molar-refractivity contribution in [2.45, 2.75) is 0 Å². The number of nitrogens with zero attached hydrogens (tertiary/aromatic N) is 2. The van der Waals surface area contributed by atoms with Gasteiger partial charge in [0, 0.05) is 33.4 Å². The predicted octanol–water partition coefficient (Wildman–Crippen LogP) is 7.88. The van der Waals surface area contributed by atoms with E-state index in [1.54, 1.807) is 0 Å². The Hall–Kier alpha value is -4.30. The lowest BCUT2D eigenvalue weighted by Gasteiger charge is -2.12. The summed E-state index contributed by atoms with van der Waals surface area (Å²) in [5.41, 5.74) is 6.10. The van der Waals surface area contributed by atoms with E-state index in [1.807, 2.05) is 0 Å². The van der Waals surface area contributed by atoms with Crippen molar-refractivity contribution in [2.75, 3.05) is 0 Å². The second-order valence-corrected chi connectivity index (χ2v) is 8.30. The maximum Gasteiger partial charge on any atom is 0.0548 e. The Kier molecular flexibility index (Phi) is 3.58. The van der Waals surface area contributed by atoms with Gasteiger partial charge in [0.1, 0.15) is 0 Å². The van der Waals surface area contributed by atoms with Gasteiger partial charge in [-0.1, -0.05) is 72.8 Å². The van der Waals surface area contributed by atoms with Crippen molar-refractivity contribution in [1.29, 1.82) is 0 Å². The molecule has 0 fully saturated rings. The molecule has 7 rings (SSSR count). The van der Waals surface area contributed by atoms with Crippen molar-refractivity contribution >= 4 is 43.5 Å². The molecule has 0 aliphatic rings. The number of fused-ring (bicyclic) bond motifs is 5. The van der Waals surface area contributed by atoms with Crippen molar-refractivity contribution in [3.63, 3.8) is 0 Å². The van der Waals surface area contributed by atoms with Gasteiger partial charge in [-0.15, -0.1) is 0 Å². The Bertz CT molecular complexity index is 1760. The van der Waals surface area contributed by atoms with Crippen LogP contribution in [-0.4, -0.2) is 9.13 Å². The molecule has 0 N–H and O–H groups in total. The van der Waals surface area contributed by atoms with Crippen LogP contribution < -0.4 is 0 Å². The third-order valence-electron chi connectivity index (χ3n) is 6.53. The predicted molar refractivity (Wildman–Crippen MR) is 135 cm³/mol. The fraction of sp³-hybridized carbons (Fsp3) is 0. The molecular formula is C30H20N2. The van der Waals surface area contributed by atoms with Gasteiger partial charge in [0.15, 0.2) is 0 Å². The molecule has 0 aliphatic carbocycles. The summed E-state index contributed by atoms with van der Waals surface area (Å²) in [6.45, 7) is 0. The molecule has 0 saturated heterocycles. The van der Waals surface area contributed by atoms with Crippen LogP contribution in [-0.2, 0) is 0 Å². The highest BCUT2D eigenvalue weighted by molar-refractivity contribution is 6.14. The van der Waals surface area contributed by atoms with Crippen LogP contribution in [0, 0.1) is 0 Å². The molecule has 0 aliphatic heterocycles. The van der Waals surface area contributed by atoms with E-state index in [9.17, 15) is 0 Å². The first kappa shape index (κ1) is 17.4. The minimum atomic E-state index is 1.18. The summed E-state index contributed by atoms with van der Waals surface area (Å²) in [5, 5.41) is 6.31. The van der Waals surface area contributed by atoms with Gasteiger partial charge in [-0.2, -0.15) is 0 Å². The Labute approximate surface area is 185 Å². The second-order valence-electron chi connectivity index (χ2n) is 8.30. The molecule has 150 valence electrons. The van der Waals surface area contributed by atoms with Crippen LogP contribution in [0.1, 0.15) is 0 Å². The quantitative estimate of drug-likeness (QED) is 0.275. The van der Waals surface area contributed by atoms with Crippen LogP contribution in [0.3, 0.4) is 0 Å². The molecule has 32 heavy (non-hydrogen) atoms. The van der Waals surface area contributed by atoms with Crippen molar-refractivity contribution < 1.29 is 0 Å². The van der Waals surface area contributed by atoms with Crippen molar-refractivity contribution in [3.8, 4) is 11.4 Å². The van der Waals surface area contributed by atoms with E-state index in [-0.39, 0.29) is 0 Å². The molecule has 2 heterocycles. The van der Waals surface area contributed by atoms with E-state index in [2.05, 4.69) is 131 Å². The topological polar surface area (TPSA) is 9.86 Å². The molecule has 0 unspecified atom stereocenters. The highest BCUT2D eigenvalue weighted by atomic mass is 15.0. The number of para-hydroxylation sites is 2. The molecular weight excluding hydrogens is 388 g/mol. The molecule has 5 aromatic carbocycles. The van der Waals surface area contributed by atoms with E-state index >= 15 is 0 Å². The SMILES string of the molecule is c1ccc(-n2ccc3cc4c(cc32)c2ccccc2n4-c2cccc3ccccc23)cc1. The highest BCUT2D eigenvalue weighted by Crippen LogP contribution is 2.37. The maximum atomic E-state index is 2.42. The van der Waals surface area contributed by atoms with Gasteiger partial charge in [-0.05, 0) is 47.9 Å². The molecule has 0 atom stereocenters. The summed E-state index contributed by atoms with van der Waals surface area (Å²) < 4.78 is 4.70. The lowest BCUT2D eigenvalue weighted by Crippen LogP contribution is -1.95. The molecule has 2 aromatic heterocycles. The summed E-state index contributed by atoms with van der Waals surface area (Å²) >= 11 is 0. The number of hydrogen-bond donors (Lipinski definition) is 0. The van der Waals surface area contributed by atoms with Crippen LogP contribution in [0.15, 0.2) is 121 Å². The fourth-order valence-corrected chi connectivity index (χ4v) is 5.07. The van der Waals surface area contributed by atoms with E-state index < -0.39 is 0 Å². The Morgan fingerprint density at radius 2 is 1.19 bits per heavy atom. The fourth-order valence-electron chi connectivity index (χ4n) is 5.07. The van der Waals surface area contributed by atoms with E-state index in [4.69, 9.17) is 0 Å². The molecule has 2 nitrogen and oxygen atoms in total. The van der Waals surface area contributed by atoms with Crippen LogP contribution in [0.25, 0.3) is 54.9 Å². The number of aromatic nitrogens is 2. The molecule has 0 spiro atoms. The van der Waals surface area contributed by atoms with Gasteiger partial charge in [-0.3, -0.25) is 0 Å². The zero-order valence-electron chi connectivity index (χ0n) is 17.4. The normalized spacial score (nSPS) is 11.8. The van der Waals surface area contributed by atoms with E-state index in [1.165, 1.54) is 54.9 Å². The lowest BCUT2D eigenvalue weighted by molar-refractivity contribution is 1.13. The molecule has 0 radical (unpaired) electrons. The number of benzene rings is 5. The summed E-state index contributed by atoms with van der Waals surface area (Å²) in [4.78, 5) is 0. The summed E-state index contributed by atoms with van der Waals surface area (Å²) in [6, 6.07) is 41.4. The second kappa shape index (κ2) is 6.60. The zero-order valence-corrected chi connectivity index (χ0v) is 17.4. The third-order valence-corrected chi connectivity index (χ3v) is 6.53. The first-order valence-electron chi connectivity index (χ1n) is 11.0. The van der Waals surface area contributed by atoms with Crippen molar-refractivity contribution in [3.05, 3.63) is 121 Å². The van der Waals surface area contributed by atoms with Crippen LogP contribution in [0.2, 0.25) is 0 Å². The Balaban J connectivity index is 1.62. The summed E-state index contributed by atoms with van der Waals surface area (Å²) in [6.07, 6.45) is 2.17. The zero-order chi connectivity index (χ0) is 21.1. The standard InChI is InChI=1S/C30H20N2/c1-2-11-23(12-3-1)31-18-17-22-19-30-26(20-29(22)31)25-14-6-7-15-28(25)32(30)27-16-8-10-21-9-4-5-13-24(21)27/h1-20H. The Morgan fingerprint density at radius 3 is 2.09 bits per heavy atom. The van der Waals surface area contributed by atoms with Crippen molar-refractivity contribution in [1.82, 2.24) is 9.13 Å². The third kappa shape index (κ3) is 2.41. The average molecular weight is 409 g/mol.